The maximum atomic E-state index is 12.9. The van der Waals surface area contributed by atoms with Crippen molar-refractivity contribution in [3.63, 3.8) is 0 Å². The summed E-state index contributed by atoms with van der Waals surface area (Å²) in [5.74, 6) is 1.23. The number of rotatable bonds is 6. The van der Waals surface area contributed by atoms with Crippen molar-refractivity contribution in [2.24, 2.45) is 0 Å². The zero-order chi connectivity index (χ0) is 17.8. The van der Waals surface area contributed by atoms with E-state index in [4.69, 9.17) is 4.74 Å². The fourth-order valence-electron chi connectivity index (χ4n) is 2.82. The summed E-state index contributed by atoms with van der Waals surface area (Å²) in [5, 5.41) is 3.96. The molecule has 0 unspecified atom stereocenters. The number of ether oxygens (including phenoxy) is 1. The highest BCUT2D eigenvalue weighted by Gasteiger charge is 2.21. The van der Waals surface area contributed by atoms with Crippen LogP contribution in [0.3, 0.4) is 0 Å². The highest BCUT2D eigenvalue weighted by molar-refractivity contribution is 7.99. The van der Waals surface area contributed by atoms with Crippen molar-refractivity contribution in [2.75, 3.05) is 11.1 Å². The van der Waals surface area contributed by atoms with Gasteiger partial charge in [0.25, 0.3) is 5.56 Å². The van der Waals surface area contributed by atoms with Crippen LogP contribution in [-0.4, -0.2) is 15.3 Å². The summed E-state index contributed by atoms with van der Waals surface area (Å²) in [6.07, 6.45) is 0. The third-order valence-corrected chi connectivity index (χ3v) is 5.13. The largest absolute Gasteiger partial charge is 0.471 e. The van der Waals surface area contributed by atoms with Crippen LogP contribution in [0.4, 0.5) is 5.69 Å². The van der Waals surface area contributed by atoms with Gasteiger partial charge in [-0.15, -0.1) is 0 Å². The van der Waals surface area contributed by atoms with Gasteiger partial charge in [-0.05, 0) is 11.1 Å². The predicted octanol–water partition coefficient (Wildman–Crippen LogP) is 3.54. The number of benzene rings is 2. The monoisotopic (exact) mass is 365 g/mol. The molecule has 0 saturated heterocycles. The summed E-state index contributed by atoms with van der Waals surface area (Å²) < 4.78 is 7.63. The molecule has 0 spiro atoms. The molecule has 0 bridgehead atoms. The van der Waals surface area contributed by atoms with Crippen molar-refractivity contribution in [3.05, 3.63) is 82.1 Å². The lowest BCUT2D eigenvalue weighted by molar-refractivity contribution is 0.290. The Morgan fingerprint density at radius 2 is 1.73 bits per heavy atom. The molecule has 0 atom stereocenters. The Hall–Kier alpha value is -2.73. The molecule has 3 aromatic rings. The minimum absolute atomic E-state index is 0.0704. The Labute approximate surface area is 156 Å². The van der Waals surface area contributed by atoms with Gasteiger partial charge in [-0.25, -0.2) is 0 Å². The average Bonchev–Trinajstić information content (AvgIpc) is 3.16. The number of hydrogen-bond donors (Lipinski definition) is 1. The summed E-state index contributed by atoms with van der Waals surface area (Å²) in [6, 6.07) is 19.9. The van der Waals surface area contributed by atoms with Crippen molar-refractivity contribution in [3.8, 4) is 5.88 Å². The molecule has 26 heavy (non-hydrogen) atoms. The number of aromatic nitrogens is 2. The van der Waals surface area contributed by atoms with Gasteiger partial charge in [0, 0.05) is 18.8 Å². The molecular weight excluding hydrogens is 346 g/mol. The van der Waals surface area contributed by atoms with E-state index in [1.165, 1.54) is 0 Å². The molecular formula is C20H19N3O2S. The minimum atomic E-state index is -0.0704. The van der Waals surface area contributed by atoms with Gasteiger partial charge in [-0.2, -0.15) is 4.98 Å². The predicted molar refractivity (Wildman–Crippen MR) is 104 cm³/mol. The zero-order valence-electron chi connectivity index (χ0n) is 14.2. The van der Waals surface area contributed by atoms with Gasteiger partial charge < -0.3 is 10.1 Å². The molecule has 6 heteroatoms. The SMILES string of the molecule is O=c1c(NCc2ccccc2)c(OCc2ccccc2)nc2n1CCS2. The molecule has 0 saturated carbocycles. The maximum absolute atomic E-state index is 12.9. The first-order chi connectivity index (χ1) is 12.8. The number of anilines is 1. The Balaban J connectivity index is 1.61. The molecule has 2 aromatic carbocycles. The highest BCUT2D eigenvalue weighted by Crippen LogP contribution is 2.28. The van der Waals surface area contributed by atoms with Crippen LogP contribution in [0, 0.1) is 0 Å². The Morgan fingerprint density at radius 3 is 2.46 bits per heavy atom. The van der Waals surface area contributed by atoms with E-state index in [1.807, 2.05) is 60.7 Å². The van der Waals surface area contributed by atoms with Crippen LogP contribution in [-0.2, 0) is 19.7 Å². The number of nitrogens with zero attached hydrogens (tertiary/aromatic N) is 2. The number of thioether (sulfide) groups is 1. The molecule has 1 N–H and O–H groups in total. The van der Waals surface area contributed by atoms with E-state index in [0.717, 1.165) is 22.0 Å². The summed E-state index contributed by atoms with van der Waals surface area (Å²) in [6.45, 7) is 1.61. The van der Waals surface area contributed by atoms with Crippen LogP contribution in [0.15, 0.2) is 70.6 Å². The second-order valence-electron chi connectivity index (χ2n) is 5.99. The van der Waals surface area contributed by atoms with Crippen molar-refractivity contribution in [1.82, 2.24) is 9.55 Å². The van der Waals surface area contributed by atoms with Crippen LogP contribution in [0.25, 0.3) is 0 Å². The van der Waals surface area contributed by atoms with Gasteiger partial charge >= 0.3 is 0 Å². The Bertz CT molecular complexity index is 943. The molecule has 0 amide bonds. The summed E-state index contributed by atoms with van der Waals surface area (Å²) >= 11 is 1.59. The van der Waals surface area contributed by atoms with Crippen LogP contribution >= 0.6 is 11.8 Å². The van der Waals surface area contributed by atoms with E-state index in [9.17, 15) is 4.79 Å². The van der Waals surface area contributed by atoms with Gasteiger partial charge in [0.1, 0.15) is 6.61 Å². The molecule has 0 aliphatic carbocycles. The normalized spacial score (nSPS) is 12.6. The molecule has 1 aliphatic heterocycles. The maximum Gasteiger partial charge on any atom is 0.281 e. The summed E-state index contributed by atoms with van der Waals surface area (Å²) in [5.41, 5.74) is 2.49. The second kappa shape index (κ2) is 7.66. The van der Waals surface area contributed by atoms with Gasteiger partial charge in [0.2, 0.25) is 5.88 Å². The lowest BCUT2D eigenvalue weighted by atomic mass is 10.2. The van der Waals surface area contributed by atoms with E-state index >= 15 is 0 Å². The third kappa shape index (κ3) is 3.60. The van der Waals surface area contributed by atoms with Crippen LogP contribution in [0.2, 0.25) is 0 Å². The Kier molecular flexibility index (Phi) is 4.93. The van der Waals surface area contributed by atoms with Crippen LogP contribution in [0.5, 0.6) is 5.88 Å². The van der Waals surface area contributed by atoms with Crippen molar-refractivity contribution >= 4 is 17.4 Å². The first kappa shape index (κ1) is 16.7. The summed E-state index contributed by atoms with van der Waals surface area (Å²) in [4.78, 5) is 17.5. The lowest BCUT2D eigenvalue weighted by Crippen LogP contribution is -2.25. The molecule has 132 valence electrons. The smallest absolute Gasteiger partial charge is 0.281 e. The molecule has 2 heterocycles. The van der Waals surface area contributed by atoms with E-state index < -0.39 is 0 Å². The van der Waals surface area contributed by atoms with Crippen molar-refractivity contribution in [1.29, 1.82) is 0 Å². The average molecular weight is 365 g/mol. The first-order valence-electron chi connectivity index (χ1n) is 8.53. The van der Waals surface area contributed by atoms with Crippen LogP contribution in [0.1, 0.15) is 11.1 Å². The molecule has 5 nitrogen and oxygen atoms in total. The third-order valence-electron chi connectivity index (χ3n) is 4.18. The van der Waals surface area contributed by atoms with Gasteiger partial charge in [0.05, 0.1) is 0 Å². The minimum Gasteiger partial charge on any atom is -0.471 e. The first-order valence-corrected chi connectivity index (χ1v) is 9.52. The van der Waals surface area contributed by atoms with E-state index in [-0.39, 0.29) is 5.56 Å². The van der Waals surface area contributed by atoms with Crippen LogP contribution < -0.4 is 15.6 Å². The van der Waals surface area contributed by atoms with Gasteiger partial charge in [0.15, 0.2) is 10.8 Å². The fraction of sp³-hybridized carbons (Fsp3) is 0.200. The quantitative estimate of drug-likeness (QED) is 0.677. The molecule has 4 rings (SSSR count). The summed E-state index contributed by atoms with van der Waals surface area (Å²) in [7, 11) is 0. The molecule has 1 aromatic heterocycles. The van der Waals surface area contributed by atoms with Crippen molar-refractivity contribution < 1.29 is 4.74 Å². The standard InChI is InChI=1S/C20H19N3O2S/c24-19-17(21-13-15-7-3-1-4-8-15)18(22-20-23(19)11-12-26-20)25-14-16-9-5-2-6-10-16/h1-10,21H,11-14H2. The van der Waals surface area contributed by atoms with E-state index in [0.29, 0.717) is 31.3 Å². The number of fused-ring (bicyclic) bond motifs is 1. The second-order valence-corrected chi connectivity index (χ2v) is 7.06. The lowest BCUT2D eigenvalue weighted by Gasteiger charge is -2.14. The van der Waals surface area contributed by atoms with E-state index in [1.54, 1.807) is 16.3 Å². The van der Waals surface area contributed by atoms with Gasteiger partial charge in [-0.1, -0.05) is 72.4 Å². The molecule has 0 fully saturated rings. The van der Waals surface area contributed by atoms with Crippen molar-refractivity contribution in [2.45, 2.75) is 24.9 Å². The highest BCUT2D eigenvalue weighted by atomic mass is 32.2. The topological polar surface area (TPSA) is 56.1 Å². The number of hydrogen-bond acceptors (Lipinski definition) is 5. The van der Waals surface area contributed by atoms with E-state index in [2.05, 4.69) is 10.3 Å². The fourth-order valence-corrected chi connectivity index (χ4v) is 3.75. The number of nitrogens with one attached hydrogen (secondary N) is 1. The van der Waals surface area contributed by atoms with Gasteiger partial charge in [-0.3, -0.25) is 9.36 Å². The molecule has 1 aliphatic rings. The Morgan fingerprint density at radius 1 is 1.04 bits per heavy atom. The molecule has 0 radical (unpaired) electrons. The zero-order valence-corrected chi connectivity index (χ0v) is 15.0.